The van der Waals surface area contributed by atoms with Crippen molar-refractivity contribution in [1.82, 2.24) is 20.2 Å². The molecule has 1 amide bonds. The first-order chi connectivity index (χ1) is 18.0. The van der Waals surface area contributed by atoms with Crippen molar-refractivity contribution in [2.45, 2.75) is 104 Å². The van der Waals surface area contributed by atoms with Crippen LogP contribution in [0, 0.1) is 12.8 Å². The number of aromatic nitrogens is 2. The van der Waals surface area contributed by atoms with E-state index in [4.69, 9.17) is 19.9 Å². The normalized spacial score (nSPS) is 14.8. The van der Waals surface area contributed by atoms with Crippen molar-refractivity contribution in [1.29, 1.82) is 0 Å². The van der Waals surface area contributed by atoms with Gasteiger partial charge in [-0.05, 0) is 60.4 Å². The van der Waals surface area contributed by atoms with E-state index in [0.717, 1.165) is 0 Å². The second kappa shape index (κ2) is 15.5. The number of rotatable bonds is 15. The van der Waals surface area contributed by atoms with Gasteiger partial charge in [0.2, 0.25) is 5.91 Å². The molecule has 4 atom stereocenters. The molecule has 0 radical (unpaired) electrons. The highest BCUT2D eigenvalue weighted by Gasteiger charge is 2.30. The average Bonchev–Trinajstić information content (AvgIpc) is 2.81. The van der Waals surface area contributed by atoms with E-state index >= 15 is 0 Å². The quantitative estimate of drug-likeness (QED) is 0.220. The number of amides is 1. The molecule has 0 spiro atoms. The van der Waals surface area contributed by atoms with Crippen LogP contribution >= 0.6 is 0 Å². The summed E-state index contributed by atoms with van der Waals surface area (Å²) in [6.07, 6.45) is 0.961. The SMILES string of the molecule is CNC(CC(C)C)C(=O)NC(CCC(=O)OCC(OCn1cc(C)c(=O)[nH]c1=O)C(C)N)C(=O)OC(C)(C)C. The van der Waals surface area contributed by atoms with E-state index in [1.807, 2.05) is 13.8 Å². The molecule has 0 saturated heterocycles. The highest BCUT2D eigenvalue weighted by Crippen LogP contribution is 2.13. The Balaban J connectivity index is 2.79. The van der Waals surface area contributed by atoms with Crippen molar-refractivity contribution in [3.8, 4) is 0 Å². The molecule has 13 heteroatoms. The molecule has 1 aromatic rings. The van der Waals surface area contributed by atoms with Gasteiger partial charge in [-0.1, -0.05) is 13.8 Å². The molecule has 4 unspecified atom stereocenters. The smallest absolute Gasteiger partial charge is 0.330 e. The summed E-state index contributed by atoms with van der Waals surface area (Å²) in [5.41, 5.74) is 4.37. The van der Waals surface area contributed by atoms with Crippen molar-refractivity contribution in [3.05, 3.63) is 32.6 Å². The first-order valence-corrected chi connectivity index (χ1v) is 13.1. The van der Waals surface area contributed by atoms with Crippen LogP contribution in [0.3, 0.4) is 0 Å². The van der Waals surface area contributed by atoms with Crippen LogP contribution in [0.5, 0.6) is 0 Å². The Labute approximate surface area is 229 Å². The molecule has 0 fully saturated rings. The summed E-state index contributed by atoms with van der Waals surface area (Å²) in [6, 6.07) is -2.11. The summed E-state index contributed by atoms with van der Waals surface area (Å²) in [7, 11) is 1.66. The molecule has 0 aliphatic rings. The van der Waals surface area contributed by atoms with Gasteiger partial charge in [-0.3, -0.25) is 23.9 Å². The van der Waals surface area contributed by atoms with Crippen LogP contribution < -0.4 is 27.6 Å². The number of ether oxygens (including phenoxy) is 3. The average molecular weight is 556 g/mol. The molecular formula is C26H45N5O8. The van der Waals surface area contributed by atoms with E-state index in [9.17, 15) is 24.0 Å². The first-order valence-electron chi connectivity index (χ1n) is 13.1. The topological polar surface area (TPSA) is 184 Å². The molecule has 1 aromatic heterocycles. The van der Waals surface area contributed by atoms with E-state index in [1.54, 1.807) is 41.7 Å². The van der Waals surface area contributed by atoms with E-state index in [0.29, 0.717) is 12.0 Å². The molecule has 222 valence electrons. The Hall–Kier alpha value is -3.03. The van der Waals surface area contributed by atoms with E-state index < -0.39 is 53.0 Å². The minimum absolute atomic E-state index is 0.0344. The van der Waals surface area contributed by atoms with Crippen molar-refractivity contribution in [2.24, 2.45) is 11.7 Å². The van der Waals surface area contributed by atoms with Gasteiger partial charge < -0.3 is 30.6 Å². The standard InChI is InChI=1S/C26H45N5O8/c1-15(2)11-19(28-8)23(34)29-18(24(35)39-26(5,6)7)9-10-21(32)37-13-20(17(4)27)38-14-31-12-16(3)22(33)30-25(31)36/h12,15,17-20,28H,9-11,13-14,27H2,1-8H3,(H,29,34)(H,30,33,36). The Kier molecular flexibility index (Phi) is 13.5. The zero-order valence-corrected chi connectivity index (χ0v) is 24.3. The molecule has 13 nitrogen and oxygen atoms in total. The number of esters is 2. The summed E-state index contributed by atoms with van der Waals surface area (Å²) >= 11 is 0. The number of aryl methyl sites for hydroxylation is 1. The number of hydrogen-bond donors (Lipinski definition) is 4. The number of nitrogens with zero attached hydrogens (tertiary/aromatic N) is 1. The summed E-state index contributed by atoms with van der Waals surface area (Å²) in [6.45, 7) is 11.9. The minimum atomic E-state index is -1.05. The van der Waals surface area contributed by atoms with Crippen LogP contribution in [0.2, 0.25) is 0 Å². The summed E-state index contributed by atoms with van der Waals surface area (Å²) in [5.74, 6) is -1.40. The highest BCUT2D eigenvalue weighted by atomic mass is 16.6. The third-order valence-corrected chi connectivity index (χ3v) is 5.63. The van der Waals surface area contributed by atoms with Crippen LogP contribution in [0.4, 0.5) is 0 Å². The summed E-state index contributed by atoms with van der Waals surface area (Å²) < 4.78 is 17.6. The number of carbonyl (C=O) groups excluding carboxylic acids is 3. The van der Waals surface area contributed by atoms with Crippen molar-refractivity contribution < 1.29 is 28.6 Å². The third-order valence-electron chi connectivity index (χ3n) is 5.63. The van der Waals surface area contributed by atoms with Crippen molar-refractivity contribution >= 4 is 17.8 Å². The number of H-pyrrole nitrogens is 1. The van der Waals surface area contributed by atoms with Gasteiger partial charge in [0.25, 0.3) is 5.56 Å². The van der Waals surface area contributed by atoms with Gasteiger partial charge in [0.1, 0.15) is 31.1 Å². The number of aromatic amines is 1. The number of hydrogen-bond acceptors (Lipinski definition) is 10. The Morgan fingerprint density at radius 1 is 1.13 bits per heavy atom. The maximum absolute atomic E-state index is 12.8. The molecule has 0 bridgehead atoms. The largest absolute Gasteiger partial charge is 0.463 e. The molecule has 1 heterocycles. The summed E-state index contributed by atoms with van der Waals surface area (Å²) in [4.78, 5) is 63.8. The highest BCUT2D eigenvalue weighted by molar-refractivity contribution is 5.88. The van der Waals surface area contributed by atoms with Gasteiger partial charge in [-0.25, -0.2) is 9.59 Å². The van der Waals surface area contributed by atoms with Gasteiger partial charge in [-0.2, -0.15) is 0 Å². The van der Waals surface area contributed by atoms with Crippen molar-refractivity contribution in [2.75, 3.05) is 13.7 Å². The Morgan fingerprint density at radius 2 is 1.77 bits per heavy atom. The molecular weight excluding hydrogens is 510 g/mol. The molecule has 39 heavy (non-hydrogen) atoms. The maximum Gasteiger partial charge on any atom is 0.330 e. The van der Waals surface area contributed by atoms with E-state index in [-0.39, 0.29) is 38.0 Å². The lowest BCUT2D eigenvalue weighted by molar-refractivity contribution is -0.159. The fourth-order valence-corrected chi connectivity index (χ4v) is 3.47. The fraction of sp³-hybridized carbons (Fsp3) is 0.731. The van der Waals surface area contributed by atoms with Crippen molar-refractivity contribution in [3.63, 3.8) is 0 Å². The molecule has 1 rings (SSSR count). The minimum Gasteiger partial charge on any atom is -0.463 e. The second-order valence-corrected chi connectivity index (χ2v) is 11.0. The zero-order chi connectivity index (χ0) is 29.9. The van der Waals surface area contributed by atoms with Crippen LogP contribution in [-0.2, 0) is 35.3 Å². The van der Waals surface area contributed by atoms with Gasteiger partial charge in [0, 0.05) is 24.2 Å². The van der Waals surface area contributed by atoms with Crippen LogP contribution in [-0.4, -0.2) is 70.9 Å². The van der Waals surface area contributed by atoms with Crippen LogP contribution in [0.15, 0.2) is 15.8 Å². The van der Waals surface area contributed by atoms with E-state index in [2.05, 4.69) is 15.6 Å². The lowest BCUT2D eigenvalue weighted by Crippen LogP contribution is -2.51. The maximum atomic E-state index is 12.8. The van der Waals surface area contributed by atoms with E-state index in [1.165, 1.54) is 10.8 Å². The lowest BCUT2D eigenvalue weighted by Gasteiger charge is -2.26. The second-order valence-electron chi connectivity index (χ2n) is 11.0. The predicted octanol–water partition coefficient (Wildman–Crippen LogP) is 0.319. The first kappa shape index (κ1) is 34.0. The molecule has 0 aliphatic heterocycles. The monoisotopic (exact) mass is 555 g/mol. The fourth-order valence-electron chi connectivity index (χ4n) is 3.47. The number of carbonyl (C=O) groups is 3. The Bertz CT molecular complexity index is 1070. The van der Waals surface area contributed by atoms with Gasteiger partial charge >= 0.3 is 17.6 Å². The third kappa shape index (κ3) is 12.6. The zero-order valence-electron chi connectivity index (χ0n) is 24.3. The molecule has 5 N–H and O–H groups in total. The van der Waals surface area contributed by atoms with Crippen LogP contribution in [0.1, 0.15) is 66.4 Å². The molecule has 0 saturated carbocycles. The van der Waals surface area contributed by atoms with Gasteiger partial charge in [0.15, 0.2) is 0 Å². The number of nitrogens with one attached hydrogen (secondary N) is 3. The summed E-state index contributed by atoms with van der Waals surface area (Å²) in [5, 5.41) is 5.65. The molecule has 0 aliphatic carbocycles. The lowest BCUT2D eigenvalue weighted by atomic mass is 10.0. The number of nitrogens with two attached hydrogens (primary N) is 1. The number of likely N-dealkylation sites (N-methyl/N-ethyl adjacent to an activating group) is 1. The predicted molar refractivity (Wildman–Crippen MR) is 145 cm³/mol. The Morgan fingerprint density at radius 3 is 2.31 bits per heavy atom. The van der Waals surface area contributed by atoms with Gasteiger partial charge in [-0.15, -0.1) is 0 Å². The van der Waals surface area contributed by atoms with Crippen LogP contribution in [0.25, 0.3) is 0 Å². The molecule has 0 aromatic carbocycles. The van der Waals surface area contributed by atoms with Gasteiger partial charge in [0.05, 0.1) is 6.04 Å².